The molecule has 0 fully saturated rings. The van der Waals surface area contributed by atoms with Crippen LogP contribution in [0.2, 0.25) is 0 Å². The van der Waals surface area contributed by atoms with Crippen LogP contribution >= 0.6 is 0 Å². The van der Waals surface area contributed by atoms with Gasteiger partial charge in [0.2, 0.25) is 0 Å². The first-order valence-corrected chi connectivity index (χ1v) is 7.06. The number of nitrogens with one attached hydrogen (secondary N) is 1. The van der Waals surface area contributed by atoms with Gasteiger partial charge in [-0.1, -0.05) is 49.4 Å². The minimum absolute atomic E-state index is 0.205. The maximum absolute atomic E-state index is 11.4. The number of fused-ring (bicyclic) bond motifs is 1. The van der Waals surface area contributed by atoms with E-state index in [1.165, 1.54) is 5.39 Å². The molecule has 0 aliphatic heterocycles. The predicted molar refractivity (Wildman–Crippen MR) is 82.0 cm³/mol. The number of benzene rings is 2. The molecule has 2 rings (SSSR count). The van der Waals surface area contributed by atoms with Crippen LogP contribution in [0.1, 0.15) is 25.8 Å². The van der Waals surface area contributed by atoms with Crippen LogP contribution in [0.3, 0.4) is 0 Å². The fourth-order valence-corrected chi connectivity index (χ4v) is 2.28. The van der Waals surface area contributed by atoms with E-state index in [0.29, 0.717) is 6.42 Å². The third kappa shape index (κ3) is 3.58. The number of rotatable bonds is 6. The molecule has 2 atom stereocenters. The zero-order chi connectivity index (χ0) is 14.5. The molecule has 0 spiro atoms. The lowest BCUT2D eigenvalue weighted by Gasteiger charge is -2.19. The predicted octanol–water partition coefficient (Wildman–Crippen LogP) is 3.22. The van der Waals surface area contributed by atoms with Crippen LogP contribution in [0.25, 0.3) is 10.8 Å². The minimum atomic E-state index is -0.793. The van der Waals surface area contributed by atoms with E-state index in [-0.39, 0.29) is 6.04 Å². The molecule has 20 heavy (non-hydrogen) atoms. The number of carboxylic acids is 1. The van der Waals surface area contributed by atoms with Gasteiger partial charge in [0.1, 0.15) is 6.04 Å². The molecule has 2 aromatic carbocycles. The lowest BCUT2D eigenvalue weighted by atomic mass is 10.0. The molecule has 3 nitrogen and oxygen atoms in total. The Balaban J connectivity index is 2.17. The Bertz CT molecular complexity index is 594. The van der Waals surface area contributed by atoms with Gasteiger partial charge in [0.25, 0.3) is 0 Å². The molecule has 0 bridgehead atoms. The second kappa shape index (κ2) is 6.53. The van der Waals surface area contributed by atoms with E-state index < -0.39 is 12.0 Å². The number of carboxylic acid groups (broad SMARTS) is 1. The van der Waals surface area contributed by atoms with Crippen molar-refractivity contribution >= 4 is 16.7 Å². The highest BCUT2D eigenvalue weighted by Gasteiger charge is 2.19. The first-order valence-electron chi connectivity index (χ1n) is 7.06. The van der Waals surface area contributed by atoms with Crippen LogP contribution in [0.4, 0.5) is 0 Å². The van der Waals surface area contributed by atoms with E-state index >= 15 is 0 Å². The smallest absolute Gasteiger partial charge is 0.321 e. The molecule has 0 saturated carbocycles. The van der Waals surface area contributed by atoms with Crippen molar-refractivity contribution < 1.29 is 9.90 Å². The largest absolute Gasteiger partial charge is 0.480 e. The molecule has 2 unspecified atom stereocenters. The van der Waals surface area contributed by atoms with Gasteiger partial charge in [-0.15, -0.1) is 0 Å². The van der Waals surface area contributed by atoms with Crippen LogP contribution in [0.5, 0.6) is 0 Å². The van der Waals surface area contributed by atoms with Gasteiger partial charge in [0.05, 0.1) is 0 Å². The van der Waals surface area contributed by atoms with Crippen molar-refractivity contribution in [2.75, 3.05) is 0 Å². The lowest BCUT2D eigenvalue weighted by Crippen LogP contribution is -2.43. The first-order chi connectivity index (χ1) is 9.60. The molecule has 2 N–H and O–H groups in total. The first kappa shape index (κ1) is 14.5. The molecule has 106 valence electrons. The van der Waals surface area contributed by atoms with Gasteiger partial charge in [-0.2, -0.15) is 0 Å². The summed E-state index contributed by atoms with van der Waals surface area (Å²) in [6.07, 6.45) is 1.42. The van der Waals surface area contributed by atoms with Crippen molar-refractivity contribution in [3.63, 3.8) is 0 Å². The fourth-order valence-electron chi connectivity index (χ4n) is 2.28. The number of carbonyl (C=O) groups is 1. The summed E-state index contributed by atoms with van der Waals surface area (Å²) in [4.78, 5) is 11.4. The van der Waals surface area contributed by atoms with Gasteiger partial charge in [0, 0.05) is 6.04 Å². The summed E-state index contributed by atoms with van der Waals surface area (Å²) in [5.41, 5.74) is 1.05. The van der Waals surface area contributed by atoms with Crippen molar-refractivity contribution in [1.29, 1.82) is 0 Å². The Morgan fingerprint density at radius 2 is 1.90 bits per heavy atom. The van der Waals surface area contributed by atoms with Crippen molar-refractivity contribution in [1.82, 2.24) is 5.32 Å². The van der Waals surface area contributed by atoms with E-state index in [4.69, 9.17) is 0 Å². The molecule has 0 aromatic heterocycles. The van der Waals surface area contributed by atoms with Gasteiger partial charge in [0.15, 0.2) is 0 Å². The summed E-state index contributed by atoms with van der Waals surface area (Å²) >= 11 is 0. The molecule has 0 aliphatic carbocycles. The van der Waals surface area contributed by atoms with E-state index in [1.54, 1.807) is 0 Å². The quantitative estimate of drug-likeness (QED) is 0.848. The number of hydrogen-bond acceptors (Lipinski definition) is 2. The zero-order valence-corrected chi connectivity index (χ0v) is 12.0. The average Bonchev–Trinajstić information content (AvgIpc) is 2.46. The maximum Gasteiger partial charge on any atom is 0.321 e. The molecule has 3 heteroatoms. The summed E-state index contributed by atoms with van der Waals surface area (Å²) in [6, 6.07) is 13.9. The molecule has 2 aromatic rings. The highest BCUT2D eigenvalue weighted by molar-refractivity contribution is 5.83. The standard InChI is InChI=1S/C17H21NO2/c1-3-12(2)18-16(17(19)20)11-13-8-9-14-6-4-5-7-15(14)10-13/h4-10,12,16,18H,3,11H2,1-2H3,(H,19,20). The zero-order valence-electron chi connectivity index (χ0n) is 12.0. The molecule has 0 radical (unpaired) electrons. The summed E-state index contributed by atoms with van der Waals surface area (Å²) in [6.45, 7) is 4.06. The number of hydrogen-bond donors (Lipinski definition) is 2. The van der Waals surface area contributed by atoms with Crippen LogP contribution in [-0.2, 0) is 11.2 Å². The molecular weight excluding hydrogens is 250 g/mol. The van der Waals surface area contributed by atoms with Crippen LogP contribution in [0, 0.1) is 0 Å². The third-order valence-corrected chi connectivity index (χ3v) is 3.65. The lowest BCUT2D eigenvalue weighted by molar-refractivity contribution is -0.139. The number of aliphatic carboxylic acids is 1. The molecule has 0 heterocycles. The van der Waals surface area contributed by atoms with E-state index in [9.17, 15) is 9.90 Å². The fraction of sp³-hybridized carbons (Fsp3) is 0.353. The second-order valence-corrected chi connectivity index (χ2v) is 5.25. The van der Waals surface area contributed by atoms with E-state index in [0.717, 1.165) is 17.4 Å². The van der Waals surface area contributed by atoms with Crippen LogP contribution in [0.15, 0.2) is 42.5 Å². The Morgan fingerprint density at radius 3 is 2.55 bits per heavy atom. The second-order valence-electron chi connectivity index (χ2n) is 5.25. The van der Waals surface area contributed by atoms with Crippen molar-refractivity contribution in [2.24, 2.45) is 0 Å². The van der Waals surface area contributed by atoms with Gasteiger partial charge in [-0.3, -0.25) is 4.79 Å². The maximum atomic E-state index is 11.4. The van der Waals surface area contributed by atoms with Crippen LogP contribution in [-0.4, -0.2) is 23.2 Å². The highest BCUT2D eigenvalue weighted by atomic mass is 16.4. The summed E-state index contributed by atoms with van der Waals surface area (Å²) in [5, 5.41) is 14.8. The summed E-state index contributed by atoms with van der Waals surface area (Å²) in [7, 11) is 0. The summed E-state index contributed by atoms with van der Waals surface area (Å²) in [5.74, 6) is -0.793. The topological polar surface area (TPSA) is 49.3 Å². The Morgan fingerprint density at radius 1 is 1.20 bits per heavy atom. The van der Waals surface area contributed by atoms with Crippen molar-refractivity contribution in [3.8, 4) is 0 Å². The van der Waals surface area contributed by atoms with Gasteiger partial charge in [-0.25, -0.2) is 0 Å². The monoisotopic (exact) mass is 271 g/mol. The van der Waals surface area contributed by atoms with E-state index in [2.05, 4.69) is 23.5 Å². The summed E-state index contributed by atoms with van der Waals surface area (Å²) < 4.78 is 0. The SMILES string of the molecule is CCC(C)NC(Cc1ccc2ccccc2c1)C(=O)O. The third-order valence-electron chi connectivity index (χ3n) is 3.65. The van der Waals surface area contributed by atoms with Crippen LogP contribution < -0.4 is 5.32 Å². The Labute approximate surface area is 119 Å². The van der Waals surface area contributed by atoms with Crippen molar-refractivity contribution in [3.05, 3.63) is 48.0 Å². The van der Waals surface area contributed by atoms with Gasteiger partial charge >= 0.3 is 5.97 Å². The molecule has 0 saturated heterocycles. The molecular formula is C17H21NO2. The minimum Gasteiger partial charge on any atom is -0.480 e. The Kier molecular flexibility index (Phi) is 4.74. The molecule has 0 amide bonds. The average molecular weight is 271 g/mol. The highest BCUT2D eigenvalue weighted by Crippen LogP contribution is 2.17. The van der Waals surface area contributed by atoms with E-state index in [1.807, 2.05) is 38.1 Å². The Hall–Kier alpha value is -1.87. The van der Waals surface area contributed by atoms with Gasteiger partial charge < -0.3 is 10.4 Å². The van der Waals surface area contributed by atoms with Gasteiger partial charge in [-0.05, 0) is 36.1 Å². The van der Waals surface area contributed by atoms with Crippen molar-refractivity contribution in [2.45, 2.75) is 38.8 Å². The normalized spacial score (nSPS) is 14.1. The molecule has 0 aliphatic rings.